The number of fused-ring (bicyclic) bond motifs is 1. The Hall–Kier alpha value is -1.71. The van der Waals surface area contributed by atoms with Crippen LogP contribution in [0, 0.1) is 0 Å². The molecule has 1 heterocycles. The summed E-state index contributed by atoms with van der Waals surface area (Å²) in [4.78, 5) is 0. The number of benzene rings is 1. The molecule has 1 aromatic rings. The van der Waals surface area contributed by atoms with Gasteiger partial charge in [-0.15, -0.1) is 0 Å². The number of para-hydroxylation sites is 1. The number of ether oxygens (including phenoxy) is 2. The molecule has 0 amide bonds. The summed E-state index contributed by atoms with van der Waals surface area (Å²) in [5, 5.41) is 11.8. The lowest BCUT2D eigenvalue weighted by atomic mass is 10.1. The van der Waals surface area contributed by atoms with Crippen molar-refractivity contribution in [1.29, 1.82) is 0 Å². The maximum Gasteiger partial charge on any atom is 0.171 e. The number of rotatable bonds is 1. The van der Waals surface area contributed by atoms with Crippen LogP contribution in [0.4, 0.5) is 0 Å². The SMILES string of the molecule is COc1cccc2c1OCC2=NO. The van der Waals surface area contributed by atoms with Crippen molar-refractivity contribution in [2.24, 2.45) is 5.16 Å². The Morgan fingerprint density at radius 2 is 2.38 bits per heavy atom. The van der Waals surface area contributed by atoms with Crippen LogP contribution in [0.2, 0.25) is 0 Å². The molecule has 13 heavy (non-hydrogen) atoms. The van der Waals surface area contributed by atoms with Gasteiger partial charge in [0.2, 0.25) is 0 Å². The highest BCUT2D eigenvalue weighted by Gasteiger charge is 2.22. The summed E-state index contributed by atoms with van der Waals surface area (Å²) < 4.78 is 10.4. The highest BCUT2D eigenvalue weighted by Crippen LogP contribution is 2.35. The van der Waals surface area contributed by atoms with Gasteiger partial charge in [-0.3, -0.25) is 0 Å². The largest absolute Gasteiger partial charge is 0.493 e. The van der Waals surface area contributed by atoms with Gasteiger partial charge >= 0.3 is 0 Å². The molecule has 4 heteroatoms. The van der Waals surface area contributed by atoms with Crippen LogP contribution in [-0.2, 0) is 0 Å². The first-order chi connectivity index (χ1) is 6.36. The van der Waals surface area contributed by atoms with E-state index in [0.717, 1.165) is 5.56 Å². The molecule has 0 bridgehead atoms. The molecule has 1 aliphatic heterocycles. The molecule has 0 saturated heterocycles. The second kappa shape index (κ2) is 2.97. The predicted molar refractivity (Wildman–Crippen MR) is 46.8 cm³/mol. The zero-order chi connectivity index (χ0) is 9.26. The van der Waals surface area contributed by atoms with Gasteiger partial charge in [-0.1, -0.05) is 11.2 Å². The second-order valence-electron chi connectivity index (χ2n) is 2.67. The summed E-state index contributed by atoms with van der Waals surface area (Å²) in [7, 11) is 1.58. The van der Waals surface area contributed by atoms with Crippen LogP contribution in [0.15, 0.2) is 23.4 Å². The minimum Gasteiger partial charge on any atom is -0.493 e. The van der Waals surface area contributed by atoms with Gasteiger partial charge in [0, 0.05) is 5.56 Å². The number of hydrogen-bond acceptors (Lipinski definition) is 4. The Balaban J connectivity index is 2.55. The molecular weight excluding hydrogens is 170 g/mol. The number of methoxy groups -OCH3 is 1. The Kier molecular flexibility index (Phi) is 1.81. The summed E-state index contributed by atoms with van der Waals surface area (Å²) >= 11 is 0. The molecular formula is C9H9NO3. The van der Waals surface area contributed by atoms with Gasteiger partial charge in [0.25, 0.3) is 0 Å². The summed E-state index contributed by atoms with van der Waals surface area (Å²) in [6.45, 7) is 0.298. The minimum absolute atomic E-state index is 0.298. The normalized spacial score (nSPS) is 16.8. The van der Waals surface area contributed by atoms with Gasteiger partial charge in [-0.2, -0.15) is 0 Å². The van der Waals surface area contributed by atoms with Crippen LogP contribution >= 0.6 is 0 Å². The molecule has 1 aromatic carbocycles. The third-order valence-corrected chi connectivity index (χ3v) is 1.98. The lowest BCUT2D eigenvalue weighted by Gasteiger charge is -2.04. The van der Waals surface area contributed by atoms with Crippen molar-refractivity contribution in [2.75, 3.05) is 13.7 Å². The van der Waals surface area contributed by atoms with E-state index in [1.165, 1.54) is 0 Å². The second-order valence-corrected chi connectivity index (χ2v) is 2.67. The van der Waals surface area contributed by atoms with Crippen molar-refractivity contribution in [3.63, 3.8) is 0 Å². The van der Waals surface area contributed by atoms with Crippen molar-refractivity contribution < 1.29 is 14.7 Å². The monoisotopic (exact) mass is 179 g/mol. The van der Waals surface area contributed by atoms with Gasteiger partial charge < -0.3 is 14.7 Å². The first kappa shape index (κ1) is 7.91. The molecule has 4 nitrogen and oxygen atoms in total. The van der Waals surface area contributed by atoms with Crippen LogP contribution in [0.3, 0.4) is 0 Å². The topological polar surface area (TPSA) is 51.0 Å². The van der Waals surface area contributed by atoms with E-state index in [1.54, 1.807) is 13.2 Å². The summed E-state index contributed by atoms with van der Waals surface area (Å²) in [6.07, 6.45) is 0. The van der Waals surface area contributed by atoms with E-state index in [2.05, 4.69) is 5.16 Å². The number of nitrogens with zero attached hydrogens (tertiary/aromatic N) is 1. The van der Waals surface area contributed by atoms with E-state index in [-0.39, 0.29) is 0 Å². The molecule has 68 valence electrons. The standard InChI is InChI=1S/C9H9NO3/c1-12-8-4-2-3-6-7(10-11)5-13-9(6)8/h2-4,11H,5H2,1H3. The molecule has 1 aliphatic rings. The van der Waals surface area contributed by atoms with E-state index in [9.17, 15) is 0 Å². The first-order valence-corrected chi connectivity index (χ1v) is 3.88. The van der Waals surface area contributed by atoms with E-state index >= 15 is 0 Å². The predicted octanol–water partition coefficient (Wildman–Crippen LogP) is 1.27. The smallest absolute Gasteiger partial charge is 0.171 e. The summed E-state index contributed by atoms with van der Waals surface area (Å²) in [6, 6.07) is 5.47. The van der Waals surface area contributed by atoms with E-state index in [4.69, 9.17) is 14.7 Å². The third-order valence-electron chi connectivity index (χ3n) is 1.98. The summed E-state index contributed by atoms with van der Waals surface area (Å²) in [5.74, 6) is 1.31. The molecule has 0 aliphatic carbocycles. The summed E-state index contributed by atoms with van der Waals surface area (Å²) in [5.41, 5.74) is 1.33. The van der Waals surface area contributed by atoms with Crippen LogP contribution in [0.5, 0.6) is 11.5 Å². The van der Waals surface area contributed by atoms with Crippen molar-refractivity contribution in [2.45, 2.75) is 0 Å². The van der Waals surface area contributed by atoms with Crippen molar-refractivity contribution in [3.8, 4) is 11.5 Å². The van der Waals surface area contributed by atoms with Gasteiger partial charge in [0.1, 0.15) is 12.3 Å². The van der Waals surface area contributed by atoms with Gasteiger partial charge in [0.15, 0.2) is 11.5 Å². The molecule has 0 fully saturated rings. The molecule has 0 saturated carbocycles. The average Bonchev–Trinajstić information content (AvgIpc) is 2.60. The maximum atomic E-state index is 8.64. The zero-order valence-corrected chi connectivity index (χ0v) is 7.15. The molecule has 1 N–H and O–H groups in total. The van der Waals surface area contributed by atoms with Crippen LogP contribution in [0.25, 0.3) is 0 Å². The van der Waals surface area contributed by atoms with Crippen LogP contribution in [0.1, 0.15) is 5.56 Å². The number of hydrogen-bond donors (Lipinski definition) is 1. The fourth-order valence-electron chi connectivity index (χ4n) is 1.35. The average molecular weight is 179 g/mol. The van der Waals surface area contributed by atoms with Crippen molar-refractivity contribution in [3.05, 3.63) is 23.8 Å². The van der Waals surface area contributed by atoms with Gasteiger partial charge in [-0.25, -0.2) is 0 Å². The van der Waals surface area contributed by atoms with Gasteiger partial charge in [-0.05, 0) is 12.1 Å². The lowest BCUT2D eigenvalue weighted by Crippen LogP contribution is -2.01. The molecule has 0 radical (unpaired) electrons. The van der Waals surface area contributed by atoms with E-state index < -0.39 is 0 Å². The fourth-order valence-corrected chi connectivity index (χ4v) is 1.35. The van der Waals surface area contributed by atoms with Crippen molar-refractivity contribution >= 4 is 5.71 Å². The number of oxime groups is 1. The first-order valence-electron chi connectivity index (χ1n) is 3.88. The fraction of sp³-hybridized carbons (Fsp3) is 0.222. The lowest BCUT2D eigenvalue weighted by molar-refractivity contribution is 0.311. The van der Waals surface area contributed by atoms with Crippen LogP contribution in [-0.4, -0.2) is 24.6 Å². The quantitative estimate of drug-likeness (QED) is 0.521. The van der Waals surface area contributed by atoms with E-state index in [0.29, 0.717) is 23.8 Å². The Labute approximate surface area is 75.4 Å². The Morgan fingerprint density at radius 1 is 1.54 bits per heavy atom. The van der Waals surface area contributed by atoms with E-state index in [1.807, 2.05) is 12.1 Å². The Morgan fingerprint density at radius 3 is 3.08 bits per heavy atom. The minimum atomic E-state index is 0.298. The highest BCUT2D eigenvalue weighted by molar-refractivity contribution is 6.06. The molecule has 2 rings (SSSR count). The molecule has 0 atom stereocenters. The zero-order valence-electron chi connectivity index (χ0n) is 7.15. The van der Waals surface area contributed by atoms with Gasteiger partial charge in [0.05, 0.1) is 7.11 Å². The maximum absolute atomic E-state index is 8.64. The molecule has 0 aromatic heterocycles. The molecule has 0 unspecified atom stereocenters. The van der Waals surface area contributed by atoms with Crippen molar-refractivity contribution in [1.82, 2.24) is 0 Å². The molecule has 0 spiro atoms. The third kappa shape index (κ3) is 1.11. The highest BCUT2D eigenvalue weighted by atomic mass is 16.5. The Bertz CT molecular complexity index is 360. The van der Waals surface area contributed by atoms with Crippen LogP contribution < -0.4 is 9.47 Å².